The second-order valence-corrected chi connectivity index (χ2v) is 4.05. The number of aromatic hydroxyl groups is 1. The molecule has 0 aromatic heterocycles. The summed E-state index contributed by atoms with van der Waals surface area (Å²) in [4.78, 5) is 0. The van der Waals surface area contributed by atoms with Crippen molar-refractivity contribution in [1.82, 2.24) is 0 Å². The third kappa shape index (κ3) is 4.34. The number of nitrogens with two attached hydrogens (primary N) is 1. The molecule has 0 bridgehead atoms. The van der Waals surface area contributed by atoms with E-state index in [2.05, 4.69) is 6.92 Å². The van der Waals surface area contributed by atoms with Crippen LogP contribution in [0.3, 0.4) is 0 Å². The Morgan fingerprint density at radius 2 is 1.80 bits per heavy atom. The van der Waals surface area contributed by atoms with E-state index >= 15 is 0 Å². The van der Waals surface area contributed by atoms with Crippen LogP contribution in [0, 0.1) is 0 Å². The molecule has 0 aliphatic rings. The summed E-state index contributed by atoms with van der Waals surface area (Å²) in [5, 5.41) is 9.14. The highest BCUT2D eigenvalue weighted by Gasteiger charge is 2.04. The lowest BCUT2D eigenvalue weighted by Crippen LogP contribution is -2.09. The van der Waals surface area contributed by atoms with Crippen molar-refractivity contribution in [1.29, 1.82) is 0 Å². The van der Waals surface area contributed by atoms with Crippen LogP contribution in [0.5, 0.6) is 5.75 Å². The normalized spacial score (nSPS) is 12.7. The van der Waals surface area contributed by atoms with Gasteiger partial charge in [-0.3, -0.25) is 0 Å². The predicted molar refractivity (Wildman–Crippen MR) is 63.8 cm³/mol. The molecular formula is C13H21NO. The lowest BCUT2D eigenvalue weighted by atomic mass is 10.0. The van der Waals surface area contributed by atoms with Crippen molar-refractivity contribution < 1.29 is 5.11 Å². The van der Waals surface area contributed by atoms with Crippen LogP contribution in [0.1, 0.15) is 50.6 Å². The summed E-state index contributed by atoms with van der Waals surface area (Å²) in [6.45, 7) is 2.21. The van der Waals surface area contributed by atoms with Gasteiger partial charge in [0.1, 0.15) is 5.75 Å². The fourth-order valence-electron chi connectivity index (χ4n) is 1.68. The number of rotatable bonds is 6. The molecule has 0 spiro atoms. The molecule has 2 nitrogen and oxygen atoms in total. The molecule has 3 N–H and O–H groups in total. The van der Waals surface area contributed by atoms with Gasteiger partial charge in [-0.15, -0.1) is 0 Å². The monoisotopic (exact) mass is 207 g/mol. The first kappa shape index (κ1) is 12.1. The van der Waals surface area contributed by atoms with Gasteiger partial charge < -0.3 is 10.8 Å². The molecule has 0 saturated carbocycles. The molecule has 0 saturated heterocycles. The Balaban J connectivity index is 2.33. The van der Waals surface area contributed by atoms with Gasteiger partial charge in [-0.1, -0.05) is 44.7 Å². The highest BCUT2D eigenvalue weighted by molar-refractivity contribution is 5.27. The quantitative estimate of drug-likeness (QED) is 0.702. The van der Waals surface area contributed by atoms with Crippen LogP contribution in [-0.4, -0.2) is 5.11 Å². The largest absolute Gasteiger partial charge is 0.508 e. The highest BCUT2D eigenvalue weighted by Crippen LogP contribution is 2.19. The van der Waals surface area contributed by atoms with Gasteiger partial charge in [0, 0.05) is 6.04 Å². The van der Waals surface area contributed by atoms with Crippen molar-refractivity contribution >= 4 is 0 Å². The maximum atomic E-state index is 9.14. The molecule has 1 aromatic rings. The molecule has 84 valence electrons. The zero-order valence-electron chi connectivity index (χ0n) is 9.45. The first-order valence-corrected chi connectivity index (χ1v) is 5.78. The molecule has 0 heterocycles. The van der Waals surface area contributed by atoms with E-state index in [1.807, 2.05) is 12.1 Å². The Morgan fingerprint density at radius 1 is 1.13 bits per heavy atom. The van der Waals surface area contributed by atoms with Crippen molar-refractivity contribution in [2.24, 2.45) is 5.73 Å². The molecule has 1 aromatic carbocycles. The molecule has 0 aliphatic heterocycles. The van der Waals surface area contributed by atoms with E-state index in [-0.39, 0.29) is 6.04 Å². The van der Waals surface area contributed by atoms with Crippen molar-refractivity contribution in [3.63, 3.8) is 0 Å². The van der Waals surface area contributed by atoms with Crippen LogP contribution < -0.4 is 5.73 Å². The van der Waals surface area contributed by atoms with Crippen LogP contribution in [-0.2, 0) is 0 Å². The Labute approximate surface area is 92.1 Å². The Bertz CT molecular complexity index is 268. The average Bonchev–Trinajstić information content (AvgIpc) is 2.25. The molecular weight excluding hydrogens is 186 g/mol. The van der Waals surface area contributed by atoms with Gasteiger partial charge in [0.15, 0.2) is 0 Å². The van der Waals surface area contributed by atoms with Crippen molar-refractivity contribution in [3.05, 3.63) is 29.8 Å². The Morgan fingerprint density at radius 3 is 2.40 bits per heavy atom. The molecule has 15 heavy (non-hydrogen) atoms. The summed E-state index contributed by atoms with van der Waals surface area (Å²) in [5.41, 5.74) is 7.16. The SMILES string of the molecule is CCCCCCC(N)c1ccc(O)cc1. The maximum Gasteiger partial charge on any atom is 0.115 e. The first-order valence-electron chi connectivity index (χ1n) is 5.78. The summed E-state index contributed by atoms with van der Waals surface area (Å²) < 4.78 is 0. The van der Waals surface area contributed by atoms with Crippen LogP contribution in [0.4, 0.5) is 0 Å². The van der Waals surface area contributed by atoms with E-state index in [0.29, 0.717) is 5.75 Å². The lowest BCUT2D eigenvalue weighted by Gasteiger charge is -2.11. The second kappa shape index (κ2) is 6.46. The summed E-state index contributed by atoms with van der Waals surface area (Å²) in [6, 6.07) is 7.31. The standard InChI is InChI=1S/C13H21NO/c1-2-3-4-5-6-13(14)11-7-9-12(15)10-8-11/h7-10,13,15H,2-6,14H2,1H3. The van der Waals surface area contributed by atoms with Gasteiger partial charge in [-0.25, -0.2) is 0 Å². The number of phenols is 1. The third-order valence-electron chi connectivity index (χ3n) is 2.69. The second-order valence-electron chi connectivity index (χ2n) is 4.05. The Kier molecular flexibility index (Phi) is 5.19. The van der Waals surface area contributed by atoms with Gasteiger partial charge in [0.25, 0.3) is 0 Å². The van der Waals surface area contributed by atoms with E-state index < -0.39 is 0 Å². The maximum absolute atomic E-state index is 9.14. The topological polar surface area (TPSA) is 46.2 Å². The van der Waals surface area contributed by atoms with Crippen LogP contribution in [0.15, 0.2) is 24.3 Å². The van der Waals surface area contributed by atoms with Crippen molar-refractivity contribution in [3.8, 4) is 5.75 Å². The summed E-state index contributed by atoms with van der Waals surface area (Å²) >= 11 is 0. The molecule has 0 aliphatic carbocycles. The molecule has 1 atom stereocenters. The van der Waals surface area contributed by atoms with E-state index in [1.54, 1.807) is 12.1 Å². The number of benzene rings is 1. The zero-order chi connectivity index (χ0) is 11.1. The minimum atomic E-state index is 0.113. The fourth-order valence-corrected chi connectivity index (χ4v) is 1.68. The minimum Gasteiger partial charge on any atom is -0.508 e. The Hall–Kier alpha value is -1.02. The van der Waals surface area contributed by atoms with E-state index in [0.717, 1.165) is 12.0 Å². The molecule has 0 radical (unpaired) electrons. The smallest absolute Gasteiger partial charge is 0.115 e. The van der Waals surface area contributed by atoms with Crippen LogP contribution in [0.25, 0.3) is 0 Å². The molecule has 1 rings (SSSR count). The van der Waals surface area contributed by atoms with Gasteiger partial charge in [0.2, 0.25) is 0 Å². The predicted octanol–water partition coefficient (Wildman–Crippen LogP) is 3.36. The van der Waals surface area contributed by atoms with E-state index in [4.69, 9.17) is 10.8 Å². The van der Waals surface area contributed by atoms with Crippen molar-refractivity contribution in [2.75, 3.05) is 0 Å². The molecule has 0 fully saturated rings. The van der Waals surface area contributed by atoms with Crippen molar-refractivity contribution in [2.45, 2.75) is 45.1 Å². The van der Waals surface area contributed by atoms with Gasteiger partial charge in [-0.05, 0) is 24.1 Å². The van der Waals surface area contributed by atoms with Crippen LogP contribution >= 0.6 is 0 Å². The van der Waals surface area contributed by atoms with Gasteiger partial charge in [0.05, 0.1) is 0 Å². The van der Waals surface area contributed by atoms with E-state index in [9.17, 15) is 0 Å². The molecule has 1 unspecified atom stereocenters. The fraction of sp³-hybridized carbons (Fsp3) is 0.538. The minimum absolute atomic E-state index is 0.113. The summed E-state index contributed by atoms with van der Waals surface area (Å²) in [5.74, 6) is 0.303. The number of hydrogen-bond donors (Lipinski definition) is 2. The number of phenolic OH excluding ortho intramolecular Hbond substituents is 1. The molecule has 2 heteroatoms. The number of unbranched alkanes of at least 4 members (excludes halogenated alkanes) is 3. The zero-order valence-corrected chi connectivity index (χ0v) is 9.45. The number of hydrogen-bond acceptors (Lipinski definition) is 2. The van der Waals surface area contributed by atoms with Gasteiger partial charge >= 0.3 is 0 Å². The molecule has 0 amide bonds. The van der Waals surface area contributed by atoms with E-state index in [1.165, 1.54) is 25.7 Å². The van der Waals surface area contributed by atoms with Gasteiger partial charge in [-0.2, -0.15) is 0 Å². The summed E-state index contributed by atoms with van der Waals surface area (Å²) in [7, 11) is 0. The van der Waals surface area contributed by atoms with Crippen LogP contribution in [0.2, 0.25) is 0 Å². The average molecular weight is 207 g/mol. The first-order chi connectivity index (χ1) is 7.24. The highest BCUT2D eigenvalue weighted by atomic mass is 16.3. The lowest BCUT2D eigenvalue weighted by molar-refractivity contribution is 0.474. The third-order valence-corrected chi connectivity index (χ3v) is 2.69. The summed E-state index contributed by atoms with van der Waals surface area (Å²) in [6.07, 6.45) is 6.04.